The summed E-state index contributed by atoms with van der Waals surface area (Å²) in [6.45, 7) is 0. The maximum Gasteiger partial charge on any atom is 0.306 e. The zero-order valence-corrected chi connectivity index (χ0v) is 8.87. The van der Waals surface area contributed by atoms with Crippen LogP contribution in [0.4, 0.5) is 0 Å². The first-order valence-corrected chi connectivity index (χ1v) is 5.03. The van der Waals surface area contributed by atoms with E-state index in [1.54, 1.807) is 6.07 Å². The Morgan fingerprint density at radius 2 is 2.43 bits per heavy atom. The molecule has 76 valence electrons. The maximum absolute atomic E-state index is 10.6. The summed E-state index contributed by atoms with van der Waals surface area (Å²) in [7, 11) is 0. The number of carbonyl (C=O) groups is 1. The van der Waals surface area contributed by atoms with Crippen LogP contribution in [0.1, 0.15) is 24.2 Å². The lowest BCUT2D eigenvalue weighted by molar-refractivity contribution is -0.143. The highest BCUT2D eigenvalue weighted by molar-refractivity contribution is 9.10. The van der Waals surface area contributed by atoms with Crippen LogP contribution < -0.4 is 0 Å². The minimum Gasteiger partial charge on any atom is -0.481 e. The van der Waals surface area contributed by atoms with Crippen LogP contribution in [0.15, 0.2) is 15.2 Å². The third-order valence-corrected chi connectivity index (χ3v) is 2.84. The summed E-state index contributed by atoms with van der Waals surface area (Å²) in [4.78, 5) is 10.6. The number of hydrogen-bond acceptors (Lipinski definition) is 3. The molecule has 0 radical (unpaired) electrons. The van der Waals surface area contributed by atoms with E-state index in [0.29, 0.717) is 23.3 Å². The van der Waals surface area contributed by atoms with Crippen molar-refractivity contribution in [1.29, 1.82) is 0 Å². The summed E-state index contributed by atoms with van der Waals surface area (Å²) in [5.41, 5.74) is -0.437. The minimum absolute atomic E-state index is 0.306. The van der Waals surface area contributed by atoms with Crippen LogP contribution in [-0.4, -0.2) is 16.2 Å². The molecule has 4 nitrogen and oxygen atoms in total. The Bertz CT molecular complexity index is 384. The molecule has 2 rings (SSSR count). The van der Waals surface area contributed by atoms with Crippen molar-refractivity contribution in [2.24, 2.45) is 0 Å². The Labute approximate surface area is 88.7 Å². The number of aliphatic carboxylic acids is 1. The highest BCUT2D eigenvalue weighted by Gasteiger charge is 2.42. The van der Waals surface area contributed by atoms with E-state index in [-0.39, 0.29) is 6.42 Å². The van der Waals surface area contributed by atoms with E-state index >= 15 is 0 Å². The number of hydrogen-bond donors (Lipinski definition) is 2. The van der Waals surface area contributed by atoms with E-state index in [1.807, 2.05) is 0 Å². The number of aryl methyl sites for hydroxylation is 1. The Morgan fingerprint density at radius 3 is 3.07 bits per heavy atom. The summed E-state index contributed by atoms with van der Waals surface area (Å²) in [5, 5.41) is 18.7. The third-order valence-electron chi connectivity index (χ3n) is 2.45. The summed E-state index contributed by atoms with van der Waals surface area (Å²) in [5.74, 6) is -0.625. The summed E-state index contributed by atoms with van der Waals surface area (Å²) < 4.78 is 5.78. The Kier molecular flexibility index (Phi) is 2.16. The predicted molar refractivity (Wildman–Crippen MR) is 50.9 cm³/mol. The fourth-order valence-electron chi connectivity index (χ4n) is 1.85. The molecule has 1 unspecified atom stereocenters. The Hall–Kier alpha value is -0.810. The van der Waals surface area contributed by atoms with Crippen LogP contribution in [0.2, 0.25) is 0 Å². The van der Waals surface area contributed by atoms with E-state index in [2.05, 4.69) is 15.9 Å². The van der Waals surface area contributed by atoms with Crippen LogP contribution in [0, 0.1) is 0 Å². The number of fused-ring (bicyclic) bond motifs is 1. The molecule has 1 aliphatic rings. The van der Waals surface area contributed by atoms with E-state index < -0.39 is 11.6 Å². The topological polar surface area (TPSA) is 70.7 Å². The smallest absolute Gasteiger partial charge is 0.306 e. The monoisotopic (exact) mass is 260 g/mol. The number of halogens is 1. The Morgan fingerprint density at radius 1 is 1.71 bits per heavy atom. The van der Waals surface area contributed by atoms with E-state index in [4.69, 9.17) is 9.52 Å². The van der Waals surface area contributed by atoms with Crippen molar-refractivity contribution >= 4 is 21.9 Å². The van der Waals surface area contributed by atoms with Gasteiger partial charge in [0.2, 0.25) is 0 Å². The van der Waals surface area contributed by atoms with Crippen molar-refractivity contribution in [2.45, 2.75) is 24.9 Å². The molecule has 0 saturated carbocycles. The fourth-order valence-corrected chi connectivity index (χ4v) is 2.29. The molecule has 1 atom stereocenters. The van der Waals surface area contributed by atoms with Crippen LogP contribution in [0.5, 0.6) is 0 Å². The van der Waals surface area contributed by atoms with E-state index in [9.17, 15) is 9.90 Å². The lowest BCUT2D eigenvalue weighted by Crippen LogP contribution is -2.25. The molecule has 5 heteroatoms. The molecule has 0 amide bonds. The molecule has 0 fully saturated rings. The number of aliphatic hydroxyl groups is 1. The molecule has 1 aliphatic carbocycles. The summed E-state index contributed by atoms with van der Waals surface area (Å²) in [6, 6.07) is 1.77. The van der Waals surface area contributed by atoms with Gasteiger partial charge in [-0.3, -0.25) is 4.79 Å². The quantitative estimate of drug-likeness (QED) is 0.849. The van der Waals surface area contributed by atoms with Gasteiger partial charge in [0.05, 0.1) is 6.42 Å². The predicted octanol–water partition coefficient (Wildman–Crippen LogP) is 1.65. The van der Waals surface area contributed by atoms with Crippen molar-refractivity contribution < 1.29 is 19.4 Å². The maximum atomic E-state index is 10.6. The molecule has 1 aromatic rings. The largest absolute Gasteiger partial charge is 0.481 e. The van der Waals surface area contributed by atoms with Crippen molar-refractivity contribution in [1.82, 2.24) is 0 Å². The molecule has 0 spiro atoms. The van der Waals surface area contributed by atoms with Gasteiger partial charge in [-0.1, -0.05) is 0 Å². The summed E-state index contributed by atoms with van der Waals surface area (Å²) >= 11 is 3.15. The standard InChI is InChI=1S/C9H9BrO4/c10-6-3-5-1-2-9(13,4-7(11)12)8(5)14-6/h3,13H,1-2,4H2,(H,11,12). The summed E-state index contributed by atoms with van der Waals surface area (Å²) in [6.07, 6.45) is 0.773. The van der Waals surface area contributed by atoms with Crippen LogP contribution in [-0.2, 0) is 16.8 Å². The molecule has 0 aliphatic heterocycles. The van der Waals surface area contributed by atoms with Crippen molar-refractivity contribution in [3.8, 4) is 0 Å². The van der Waals surface area contributed by atoms with Crippen LogP contribution in [0.3, 0.4) is 0 Å². The number of carboxylic acid groups (broad SMARTS) is 1. The normalized spacial score (nSPS) is 25.0. The molecular weight excluding hydrogens is 252 g/mol. The molecule has 0 saturated heterocycles. The number of carboxylic acids is 1. The van der Waals surface area contributed by atoms with E-state index in [1.165, 1.54) is 0 Å². The second-order valence-electron chi connectivity index (χ2n) is 3.51. The van der Waals surface area contributed by atoms with Crippen molar-refractivity contribution in [3.05, 3.63) is 22.1 Å². The van der Waals surface area contributed by atoms with Gasteiger partial charge in [0.1, 0.15) is 11.4 Å². The lowest BCUT2D eigenvalue weighted by Gasteiger charge is -2.18. The first-order valence-electron chi connectivity index (χ1n) is 4.24. The highest BCUT2D eigenvalue weighted by Crippen LogP contribution is 2.42. The molecule has 1 aromatic heterocycles. The van der Waals surface area contributed by atoms with Gasteiger partial charge in [0, 0.05) is 0 Å². The lowest BCUT2D eigenvalue weighted by atomic mass is 9.98. The zero-order valence-electron chi connectivity index (χ0n) is 7.29. The molecule has 0 aromatic carbocycles. The van der Waals surface area contributed by atoms with Crippen molar-refractivity contribution in [2.75, 3.05) is 0 Å². The van der Waals surface area contributed by atoms with Gasteiger partial charge in [0.15, 0.2) is 4.67 Å². The second kappa shape index (κ2) is 3.10. The van der Waals surface area contributed by atoms with Gasteiger partial charge in [-0.2, -0.15) is 0 Å². The first-order chi connectivity index (χ1) is 6.51. The number of rotatable bonds is 2. The minimum atomic E-state index is -1.33. The van der Waals surface area contributed by atoms with Crippen LogP contribution in [0.25, 0.3) is 0 Å². The Balaban J connectivity index is 2.35. The van der Waals surface area contributed by atoms with Gasteiger partial charge in [-0.25, -0.2) is 0 Å². The third kappa shape index (κ3) is 1.46. The average Bonchev–Trinajstić information content (AvgIpc) is 2.52. The van der Waals surface area contributed by atoms with Gasteiger partial charge in [-0.15, -0.1) is 0 Å². The molecule has 0 bridgehead atoms. The second-order valence-corrected chi connectivity index (χ2v) is 4.29. The number of furan rings is 1. The van der Waals surface area contributed by atoms with Gasteiger partial charge >= 0.3 is 5.97 Å². The van der Waals surface area contributed by atoms with Crippen LogP contribution >= 0.6 is 15.9 Å². The van der Waals surface area contributed by atoms with Gasteiger partial charge < -0.3 is 14.6 Å². The molecule has 14 heavy (non-hydrogen) atoms. The average molecular weight is 261 g/mol. The van der Waals surface area contributed by atoms with Crippen molar-refractivity contribution in [3.63, 3.8) is 0 Å². The first kappa shape index (κ1) is 9.73. The van der Waals surface area contributed by atoms with E-state index in [0.717, 1.165) is 5.56 Å². The fraction of sp³-hybridized carbons (Fsp3) is 0.444. The molecule has 1 heterocycles. The highest BCUT2D eigenvalue weighted by atomic mass is 79.9. The zero-order chi connectivity index (χ0) is 10.3. The van der Waals surface area contributed by atoms with Gasteiger partial charge in [0.25, 0.3) is 0 Å². The molecule has 2 N–H and O–H groups in total. The molecular formula is C9H9BrO4. The van der Waals surface area contributed by atoms with Gasteiger partial charge in [-0.05, 0) is 40.4 Å². The SMILES string of the molecule is O=C(O)CC1(O)CCc2cc(Br)oc21.